The molecule has 0 N–H and O–H groups in total. The van der Waals surface area contributed by atoms with E-state index in [0.717, 1.165) is 31.0 Å². The van der Waals surface area contributed by atoms with Crippen molar-refractivity contribution in [3.05, 3.63) is 34.9 Å². The van der Waals surface area contributed by atoms with Crippen LogP contribution in [0.25, 0.3) is 0 Å². The molecule has 0 aromatic heterocycles. The van der Waals surface area contributed by atoms with Crippen LogP contribution in [0.2, 0.25) is 5.02 Å². The number of nitrogens with zero attached hydrogens (tertiary/aromatic N) is 2. The molecule has 0 bridgehead atoms. The monoisotopic (exact) mass is 322 g/mol. The van der Waals surface area contributed by atoms with Crippen molar-refractivity contribution in [1.82, 2.24) is 9.80 Å². The van der Waals surface area contributed by atoms with E-state index < -0.39 is 0 Å². The van der Waals surface area contributed by atoms with Crippen LogP contribution in [0, 0.1) is 5.92 Å². The Bertz CT molecular complexity index is 561. The number of hydrogen-bond donors (Lipinski definition) is 0. The number of hydrogen-bond acceptors (Lipinski definition) is 3. The number of amides is 2. The second-order valence-corrected chi connectivity index (χ2v) is 6.30. The van der Waals surface area contributed by atoms with E-state index in [2.05, 4.69) is 0 Å². The largest absolute Gasteiger partial charge is 0.448 e. The summed E-state index contributed by atoms with van der Waals surface area (Å²) in [6, 6.07) is 7.86. The number of benzene rings is 1. The first-order valence-corrected chi connectivity index (χ1v) is 7.93. The summed E-state index contributed by atoms with van der Waals surface area (Å²) >= 11 is 5.89. The standard InChI is InChI=1S/C16H19ClN2O3/c17-14-3-1-12(2-4-14)9-13-5-6-18(10-13)15(20)11-19-7-8-22-16(19)21/h1-4,13H,5-11H2. The Morgan fingerprint density at radius 2 is 2.05 bits per heavy atom. The molecule has 2 saturated heterocycles. The maximum atomic E-state index is 12.2. The van der Waals surface area contributed by atoms with Gasteiger partial charge in [-0.2, -0.15) is 0 Å². The SMILES string of the molecule is O=C(CN1CCOC1=O)N1CCC(Cc2ccc(Cl)cc2)C1. The fraction of sp³-hybridized carbons (Fsp3) is 0.500. The van der Waals surface area contributed by atoms with Crippen LogP contribution in [0.3, 0.4) is 0 Å². The second-order valence-electron chi connectivity index (χ2n) is 5.86. The number of cyclic esters (lactones) is 1. The molecule has 2 heterocycles. The zero-order valence-corrected chi connectivity index (χ0v) is 13.1. The lowest BCUT2D eigenvalue weighted by atomic mass is 9.99. The smallest absolute Gasteiger partial charge is 0.410 e. The van der Waals surface area contributed by atoms with Gasteiger partial charge in [-0.3, -0.25) is 9.69 Å². The van der Waals surface area contributed by atoms with Crippen LogP contribution in [0.5, 0.6) is 0 Å². The number of likely N-dealkylation sites (tertiary alicyclic amines) is 1. The van der Waals surface area contributed by atoms with Crippen molar-refractivity contribution in [2.75, 3.05) is 32.8 Å². The maximum Gasteiger partial charge on any atom is 0.410 e. The van der Waals surface area contributed by atoms with Gasteiger partial charge < -0.3 is 9.64 Å². The van der Waals surface area contributed by atoms with E-state index in [4.69, 9.17) is 16.3 Å². The van der Waals surface area contributed by atoms with E-state index in [0.29, 0.717) is 19.1 Å². The van der Waals surface area contributed by atoms with Gasteiger partial charge in [0, 0.05) is 18.1 Å². The third kappa shape index (κ3) is 3.53. The summed E-state index contributed by atoms with van der Waals surface area (Å²) in [4.78, 5) is 26.9. The second kappa shape index (κ2) is 6.57. The molecule has 0 radical (unpaired) electrons. The van der Waals surface area contributed by atoms with Crippen molar-refractivity contribution in [1.29, 1.82) is 0 Å². The average Bonchev–Trinajstić information content (AvgIpc) is 3.12. The molecular weight excluding hydrogens is 304 g/mol. The Balaban J connectivity index is 1.50. The highest BCUT2D eigenvalue weighted by atomic mass is 35.5. The molecule has 2 aliphatic heterocycles. The summed E-state index contributed by atoms with van der Waals surface area (Å²) in [6.45, 7) is 2.54. The highest BCUT2D eigenvalue weighted by Gasteiger charge is 2.30. The molecular formula is C16H19ClN2O3. The minimum absolute atomic E-state index is 0.0115. The van der Waals surface area contributed by atoms with Crippen molar-refractivity contribution >= 4 is 23.6 Å². The highest BCUT2D eigenvalue weighted by molar-refractivity contribution is 6.30. The van der Waals surface area contributed by atoms with Gasteiger partial charge in [0.15, 0.2) is 0 Å². The van der Waals surface area contributed by atoms with Crippen LogP contribution in [0.15, 0.2) is 24.3 Å². The van der Waals surface area contributed by atoms with Crippen LogP contribution >= 0.6 is 11.6 Å². The van der Waals surface area contributed by atoms with Crippen LogP contribution in [0.1, 0.15) is 12.0 Å². The van der Waals surface area contributed by atoms with Crippen LogP contribution in [-0.4, -0.2) is 54.6 Å². The quantitative estimate of drug-likeness (QED) is 0.853. The zero-order chi connectivity index (χ0) is 15.5. The molecule has 2 amide bonds. The van der Waals surface area contributed by atoms with E-state index in [-0.39, 0.29) is 18.5 Å². The van der Waals surface area contributed by atoms with Crippen molar-refractivity contribution in [3.8, 4) is 0 Å². The molecule has 22 heavy (non-hydrogen) atoms. The third-order valence-corrected chi connectivity index (χ3v) is 4.50. The number of rotatable bonds is 4. The Morgan fingerprint density at radius 3 is 2.73 bits per heavy atom. The molecule has 5 nitrogen and oxygen atoms in total. The van der Waals surface area contributed by atoms with Crippen molar-refractivity contribution in [2.24, 2.45) is 5.92 Å². The first kappa shape index (κ1) is 15.2. The zero-order valence-electron chi connectivity index (χ0n) is 12.3. The minimum Gasteiger partial charge on any atom is -0.448 e. The molecule has 6 heteroatoms. The van der Waals surface area contributed by atoms with Gasteiger partial charge in [-0.05, 0) is 36.5 Å². The molecule has 0 saturated carbocycles. The fourth-order valence-electron chi connectivity index (χ4n) is 3.01. The summed E-state index contributed by atoms with van der Waals surface area (Å²) in [6.07, 6.45) is 1.57. The van der Waals surface area contributed by atoms with Crippen LogP contribution in [-0.2, 0) is 16.0 Å². The Morgan fingerprint density at radius 1 is 1.27 bits per heavy atom. The molecule has 0 aliphatic carbocycles. The van der Waals surface area contributed by atoms with Crippen molar-refractivity contribution < 1.29 is 14.3 Å². The van der Waals surface area contributed by atoms with Gasteiger partial charge in [-0.15, -0.1) is 0 Å². The summed E-state index contributed by atoms with van der Waals surface area (Å²) in [5.74, 6) is 0.480. The molecule has 1 aromatic rings. The number of carbonyl (C=O) groups excluding carboxylic acids is 2. The molecule has 2 fully saturated rings. The van der Waals surface area contributed by atoms with Gasteiger partial charge in [0.1, 0.15) is 13.2 Å². The Hall–Kier alpha value is -1.75. The maximum absolute atomic E-state index is 12.2. The lowest BCUT2D eigenvalue weighted by Crippen LogP contribution is -2.39. The first-order valence-electron chi connectivity index (χ1n) is 7.56. The Labute approximate surface area is 134 Å². The van der Waals surface area contributed by atoms with E-state index in [1.807, 2.05) is 29.2 Å². The fourth-order valence-corrected chi connectivity index (χ4v) is 3.14. The molecule has 3 rings (SSSR count). The normalized spacial score (nSPS) is 21.3. The molecule has 1 unspecified atom stereocenters. The predicted octanol–water partition coefficient (Wildman–Crippen LogP) is 2.18. The van der Waals surface area contributed by atoms with Crippen molar-refractivity contribution in [3.63, 3.8) is 0 Å². The van der Waals surface area contributed by atoms with Gasteiger partial charge in [-0.1, -0.05) is 23.7 Å². The van der Waals surface area contributed by atoms with E-state index in [9.17, 15) is 9.59 Å². The van der Waals surface area contributed by atoms with Gasteiger partial charge in [-0.25, -0.2) is 4.79 Å². The molecule has 0 spiro atoms. The molecule has 118 valence electrons. The average molecular weight is 323 g/mol. The van der Waals surface area contributed by atoms with Crippen LogP contribution in [0.4, 0.5) is 4.79 Å². The van der Waals surface area contributed by atoms with E-state index >= 15 is 0 Å². The van der Waals surface area contributed by atoms with Gasteiger partial charge >= 0.3 is 6.09 Å². The topological polar surface area (TPSA) is 49.9 Å². The summed E-state index contributed by atoms with van der Waals surface area (Å²) in [5, 5.41) is 0.740. The number of ether oxygens (including phenoxy) is 1. The first-order chi connectivity index (χ1) is 10.6. The summed E-state index contributed by atoms with van der Waals surface area (Å²) in [7, 11) is 0. The highest BCUT2D eigenvalue weighted by Crippen LogP contribution is 2.22. The number of halogens is 1. The predicted molar refractivity (Wildman–Crippen MR) is 82.8 cm³/mol. The van der Waals surface area contributed by atoms with E-state index in [1.54, 1.807) is 0 Å². The molecule has 2 aliphatic rings. The number of carbonyl (C=O) groups is 2. The lowest BCUT2D eigenvalue weighted by Gasteiger charge is -2.20. The van der Waals surface area contributed by atoms with E-state index in [1.165, 1.54) is 10.5 Å². The van der Waals surface area contributed by atoms with Gasteiger partial charge in [0.25, 0.3) is 0 Å². The minimum atomic E-state index is -0.384. The van der Waals surface area contributed by atoms with Crippen LogP contribution < -0.4 is 0 Å². The third-order valence-electron chi connectivity index (χ3n) is 4.25. The van der Waals surface area contributed by atoms with Gasteiger partial charge in [0.2, 0.25) is 5.91 Å². The van der Waals surface area contributed by atoms with Gasteiger partial charge in [0.05, 0.1) is 6.54 Å². The summed E-state index contributed by atoms with van der Waals surface area (Å²) < 4.78 is 4.84. The Kier molecular flexibility index (Phi) is 4.52. The van der Waals surface area contributed by atoms with Crippen molar-refractivity contribution in [2.45, 2.75) is 12.8 Å². The molecule has 1 aromatic carbocycles. The lowest BCUT2D eigenvalue weighted by molar-refractivity contribution is -0.130. The molecule has 1 atom stereocenters. The summed E-state index contributed by atoms with van der Waals surface area (Å²) in [5.41, 5.74) is 1.24.